The lowest BCUT2D eigenvalue weighted by Gasteiger charge is -2.11. The molecule has 1 aromatic carbocycles. The van der Waals surface area contributed by atoms with Crippen molar-refractivity contribution in [1.82, 2.24) is 9.55 Å². The van der Waals surface area contributed by atoms with Gasteiger partial charge in [-0.2, -0.15) is 5.26 Å². The van der Waals surface area contributed by atoms with Crippen LogP contribution in [0.25, 0.3) is 21.5 Å². The highest BCUT2D eigenvalue weighted by atomic mass is 32.1. The van der Waals surface area contributed by atoms with Crippen molar-refractivity contribution in [2.24, 2.45) is 0 Å². The molecule has 0 amide bonds. The van der Waals surface area contributed by atoms with Gasteiger partial charge in [-0.3, -0.25) is 4.98 Å². The number of halogens is 1. The van der Waals surface area contributed by atoms with E-state index >= 15 is 0 Å². The summed E-state index contributed by atoms with van der Waals surface area (Å²) in [6.45, 7) is 3.05. The highest BCUT2D eigenvalue weighted by molar-refractivity contribution is 7.17. The molecular weight excluding hydrogens is 471 g/mol. The van der Waals surface area contributed by atoms with E-state index in [1.54, 1.807) is 29.0 Å². The smallest absolute Gasteiger partial charge is 0.351 e. The van der Waals surface area contributed by atoms with E-state index in [9.17, 15) is 14.4 Å². The Balaban J connectivity index is 1.55. The van der Waals surface area contributed by atoms with Crippen LogP contribution in [0.5, 0.6) is 11.5 Å². The Bertz CT molecular complexity index is 1420. The van der Waals surface area contributed by atoms with Gasteiger partial charge in [0.1, 0.15) is 29.1 Å². The van der Waals surface area contributed by atoms with E-state index in [0.29, 0.717) is 58.4 Å². The topological polar surface area (TPSA) is 98.4 Å². The minimum Gasteiger partial charge on any atom is -0.496 e. The van der Waals surface area contributed by atoms with Crippen LogP contribution in [-0.4, -0.2) is 42.9 Å². The molecule has 8 nitrogen and oxygen atoms in total. The fraction of sp³-hybridized carbons (Fsp3) is 0.240. The molecule has 0 saturated heterocycles. The van der Waals surface area contributed by atoms with Crippen LogP contribution in [0.1, 0.15) is 22.3 Å². The van der Waals surface area contributed by atoms with Crippen LogP contribution >= 0.6 is 11.3 Å². The quantitative estimate of drug-likeness (QED) is 0.324. The summed E-state index contributed by atoms with van der Waals surface area (Å²) in [4.78, 5) is 17.7. The number of nitrogens with one attached hydrogen (secondary N) is 1. The van der Waals surface area contributed by atoms with Gasteiger partial charge in [-0.25, -0.2) is 9.18 Å². The molecule has 180 valence electrons. The number of hydrogen-bond donors (Lipinski definition) is 1. The van der Waals surface area contributed by atoms with Crippen LogP contribution < -0.4 is 14.8 Å². The summed E-state index contributed by atoms with van der Waals surface area (Å²) in [5, 5.41) is 13.4. The lowest BCUT2D eigenvalue weighted by Crippen LogP contribution is -2.12. The fourth-order valence-electron chi connectivity index (χ4n) is 3.80. The molecule has 4 rings (SSSR count). The number of carbonyl (C=O) groups excluding carboxylic acids is 1. The molecule has 1 N–H and O–H groups in total. The Morgan fingerprint density at radius 1 is 1.23 bits per heavy atom. The van der Waals surface area contributed by atoms with Crippen molar-refractivity contribution in [3.8, 4) is 28.1 Å². The zero-order valence-electron chi connectivity index (χ0n) is 19.4. The van der Waals surface area contributed by atoms with Crippen LogP contribution in [0.15, 0.2) is 42.6 Å². The second kappa shape index (κ2) is 10.4. The number of esters is 1. The first kappa shape index (κ1) is 24.0. The predicted octanol–water partition coefficient (Wildman–Crippen LogP) is 5.08. The van der Waals surface area contributed by atoms with Crippen LogP contribution in [0.2, 0.25) is 0 Å². The summed E-state index contributed by atoms with van der Waals surface area (Å²) in [5.74, 6) is 0.0883. The largest absolute Gasteiger partial charge is 0.496 e. The number of rotatable bonds is 9. The number of nitrogens with zero attached hydrogens (tertiary/aromatic N) is 3. The van der Waals surface area contributed by atoms with E-state index in [0.717, 1.165) is 10.6 Å². The van der Waals surface area contributed by atoms with Crippen LogP contribution in [0.4, 0.5) is 10.1 Å². The summed E-state index contributed by atoms with van der Waals surface area (Å²) in [7, 11) is 2.84. The van der Waals surface area contributed by atoms with Gasteiger partial charge in [0.25, 0.3) is 0 Å². The van der Waals surface area contributed by atoms with Crippen molar-refractivity contribution < 1.29 is 23.4 Å². The number of pyridine rings is 1. The average Bonchev–Trinajstić information content (AvgIpc) is 3.47. The van der Waals surface area contributed by atoms with Crippen molar-refractivity contribution in [2.45, 2.75) is 13.5 Å². The molecule has 0 unspecified atom stereocenters. The van der Waals surface area contributed by atoms with Gasteiger partial charge < -0.3 is 24.1 Å². The number of methoxy groups -OCH3 is 2. The number of nitriles is 1. The normalized spacial score (nSPS) is 10.7. The Hall–Kier alpha value is -4.10. The third kappa shape index (κ3) is 4.76. The molecule has 0 atom stereocenters. The molecule has 0 aliphatic carbocycles. The molecule has 0 fully saturated rings. The number of thiophene rings is 1. The second-order valence-electron chi connectivity index (χ2n) is 7.39. The minimum atomic E-state index is -0.463. The van der Waals surface area contributed by atoms with Crippen molar-refractivity contribution >= 4 is 33.9 Å². The highest BCUT2D eigenvalue weighted by Crippen LogP contribution is 2.37. The summed E-state index contributed by atoms with van der Waals surface area (Å²) in [6, 6.07) is 12.1. The fourth-order valence-corrected chi connectivity index (χ4v) is 4.79. The molecule has 3 aromatic heterocycles. The zero-order valence-corrected chi connectivity index (χ0v) is 20.2. The Kier molecular flexibility index (Phi) is 7.17. The maximum atomic E-state index is 14.6. The first-order valence-electron chi connectivity index (χ1n) is 10.8. The molecule has 4 aromatic rings. The second-order valence-corrected chi connectivity index (χ2v) is 8.44. The Morgan fingerprint density at radius 3 is 2.77 bits per heavy atom. The Morgan fingerprint density at radius 2 is 2.06 bits per heavy atom. The van der Waals surface area contributed by atoms with E-state index in [-0.39, 0.29) is 0 Å². The number of aromatic nitrogens is 2. The first-order chi connectivity index (χ1) is 17.0. The number of fused-ring (bicyclic) bond motifs is 1. The number of anilines is 1. The third-order valence-electron chi connectivity index (χ3n) is 5.35. The van der Waals surface area contributed by atoms with Crippen molar-refractivity contribution in [2.75, 3.05) is 32.7 Å². The molecule has 0 radical (unpaired) electrons. The van der Waals surface area contributed by atoms with E-state index < -0.39 is 11.8 Å². The van der Waals surface area contributed by atoms with E-state index in [1.165, 1.54) is 31.6 Å². The summed E-state index contributed by atoms with van der Waals surface area (Å²) in [6.07, 6.45) is 1.66. The van der Waals surface area contributed by atoms with Crippen LogP contribution in [-0.2, 0) is 11.3 Å². The molecule has 35 heavy (non-hydrogen) atoms. The number of benzene rings is 1. The maximum Gasteiger partial charge on any atom is 0.351 e. The molecule has 10 heteroatoms. The van der Waals surface area contributed by atoms with Crippen LogP contribution in [0, 0.1) is 17.1 Å². The van der Waals surface area contributed by atoms with Crippen LogP contribution in [0.3, 0.4) is 0 Å². The van der Waals surface area contributed by atoms with Gasteiger partial charge >= 0.3 is 5.97 Å². The first-order valence-corrected chi connectivity index (χ1v) is 11.6. The Labute approximate surface area is 205 Å². The molecule has 0 aliphatic heterocycles. The lowest BCUT2D eigenvalue weighted by molar-refractivity contribution is 0.0602. The zero-order chi connectivity index (χ0) is 24.9. The van der Waals surface area contributed by atoms with Gasteiger partial charge in [0.2, 0.25) is 0 Å². The van der Waals surface area contributed by atoms with Crippen molar-refractivity contribution in [3.05, 3.63) is 59.0 Å². The standard InChI is InChI=1S/C25H23FN4O4S/c1-4-34-21-13-22(35-24(21)25(31)33-3)19-11-15(7-8-29-19)28-9-10-30-16(14-27)12-17-20(32-2)6-5-18(26)23(17)30/h5-8,11-13H,4,9-10H2,1-3H3,(H,28,29). The molecule has 3 heterocycles. The molecule has 0 saturated carbocycles. The molecule has 0 aliphatic rings. The molecule has 0 bridgehead atoms. The van der Waals surface area contributed by atoms with Crippen molar-refractivity contribution in [1.29, 1.82) is 5.26 Å². The van der Waals surface area contributed by atoms with Crippen molar-refractivity contribution in [3.63, 3.8) is 0 Å². The summed E-state index contributed by atoms with van der Waals surface area (Å²) >= 11 is 1.24. The van der Waals surface area contributed by atoms with Gasteiger partial charge in [-0.1, -0.05) is 0 Å². The number of carbonyl (C=O) groups is 1. The SMILES string of the molecule is CCOc1cc(-c2cc(NCCn3c(C#N)cc4c(OC)ccc(F)c43)ccn2)sc1C(=O)OC. The van der Waals surface area contributed by atoms with Gasteiger partial charge in [-0.05, 0) is 37.3 Å². The van der Waals surface area contributed by atoms with E-state index in [1.807, 2.05) is 19.1 Å². The summed E-state index contributed by atoms with van der Waals surface area (Å²) < 4.78 is 32.0. The van der Waals surface area contributed by atoms with E-state index in [2.05, 4.69) is 16.4 Å². The third-order valence-corrected chi connectivity index (χ3v) is 6.47. The minimum absolute atomic E-state index is 0.329. The highest BCUT2D eigenvalue weighted by Gasteiger charge is 2.20. The monoisotopic (exact) mass is 494 g/mol. The maximum absolute atomic E-state index is 14.6. The summed E-state index contributed by atoms with van der Waals surface area (Å²) in [5.41, 5.74) is 2.12. The molecular formula is C25H23FN4O4S. The van der Waals surface area contributed by atoms with Gasteiger partial charge in [0.05, 0.1) is 36.9 Å². The van der Waals surface area contributed by atoms with Gasteiger partial charge in [0.15, 0.2) is 4.88 Å². The van der Waals surface area contributed by atoms with Gasteiger partial charge in [-0.15, -0.1) is 11.3 Å². The molecule has 0 spiro atoms. The van der Waals surface area contributed by atoms with Gasteiger partial charge in [0, 0.05) is 36.4 Å². The van der Waals surface area contributed by atoms with E-state index in [4.69, 9.17) is 14.2 Å². The predicted molar refractivity (Wildman–Crippen MR) is 132 cm³/mol. The number of ether oxygens (including phenoxy) is 3. The average molecular weight is 495 g/mol. The number of hydrogen-bond acceptors (Lipinski definition) is 8. The lowest BCUT2D eigenvalue weighted by atomic mass is 10.2.